The van der Waals surface area contributed by atoms with E-state index < -0.39 is 24.3 Å². The van der Waals surface area contributed by atoms with Crippen molar-refractivity contribution < 1.29 is 25.2 Å². The van der Waals surface area contributed by atoms with Gasteiger partial charge in [0.05, 0.1) is 18.3 Å². The molecule has 1 saturated carbocycles. The van der Waals surface area contributed by atoms with E-state index in [9.17, 15) is 20.1 Å². The molecule has 146 valence electrons. The van der Waals surface area contributed by atoms with Crippen molar-refractivity contribution in [1.82, 2.24) is 0 Å². The van der Waals surface area contributed by atoms with Crippen molar-refractivity contribution in [2.24, 2.45) is 11.8 Å². The van der Waals surface area contributed by atoms with E-state index in [0.717, 1.165) is 51.4 Å². The summed E-state index contributed by atoms with van der Waals surface area (Å²) in [6.07, 6.45) is 11.0. The van der Waals surface area contributed by atoms with Crippen molar-refractivity contribution in [3.63, 3.8) is 0 Å². The second-order valence-corrected chi connectivity index (χ2v) is 7.41. The molecular formula is C20H36O5. The smallest absolute Gasteiger partial charge is 0.303 e. The largest absolute Gasteiger partial charge is 0.481 e. The summed E-state index contributed by atoms with van der Waals surface area (Å²) >= 11 is 0. The lowest BCUT2D eigenvalue weighted by atomic mass is 9.88. The first-order valence-electron chi connectivity index (χ1n) is 9.90. The Labute approximate surface area is 151 Å². The van der Waals surface area contributed by atoms with Crippen LogP contribution in [-0.2, 0) is 4.79 Å². The maximum Gasteiger partial charge on any atom is 0.303 e. The molecule has 1 rings (SSSR count). The predicted octanol–water partition coefficient (Wildman–Crippen LogP) is 3.27. The van der Waals surface area contributed by atoms with E-state index in [2.05, 4.69) is 6.92 Å². The van der Waals surface area contributed by atoms with Crippen LogP contribution >= 0.6 is 0 Å². The molecule has 0 aliphatic heterocycles. The number of rotatable bonds is 13. The zero-order chi connectivity index (χ0) is 18.7. The molecule has 1 unspecified atom stereocenters. The molecule has 4 N–H and O–H groups in total. The second kappa shape index (κ2) is 12.4. The Morgan fingerprint density at radius 2 is 1.80 bits per heavy atom. The highest BCUT2D eigenvalue weighted by atomic mass is 16.4. The first-order chi connectivity index (χ1) is 12.0. The van der Waals surface area contributed by atoms with E-state index >= 15 is 0 Å². The molecular weight excluding hydrogens is 320 g/mol. The van der Waals surface area contributed by atoms with Gasteiger partial charge in [-0.15, -0.1) is 0 Å². The molecule has 0 amide bonds. The van der Waals surface area contributed by atoms with Crippen LogP contribution in [0, 0.1) is 11.8 Å². The molecule has 0 aromatic rings. The summed E-state index contributed by atoms with van der Waals surface area (Å²) in [6.45, 7) is 2.13. The van der Waals surface area contributed by atoms with E-state index in [1.54, 1.807) is 6.08 Å². The van der Waals surface area contributed by atoms with E-state index in [4.69, 9.17) is 5.11 Å². The Hall–Kier alpha value is -0.910. The van der Waals surface area contributed by atoms with Gasteiger partial charge in [0.1, 0.15) is 0 Å². The fourth-order valence-corrected chi connectivity index (χ4v) is 3.74. The first kappa shape index (κ1) is 22.1. The average molecular weight is 357 g/mol. The molecule has 0 radical (unpaired) electrons. The maximum absolute atomic E-state index is 10.5. The van der Waals surface area contributed by atoms with Crippen LogP contribution in [0.5, 0.6) is 0 Å². The van der Waals surface area contributed by atoms with Crippen LogP contribution in [0.15, 0.2) is 12.2 Å². The summed E-state index contributed by atoms with van der Waals surface area (Å²) in [5, 5.41) is 39.0. The SMILES string of the molecule is CCCCC[C@H](O)/C=C/C1[C@H](O)C[C@H](O)[C@@H]1CCCCCCC(=O)O. The zero-order valence-electron chi connectivity index (χ0n) is 15.5. The molecule has 5 heteroatoms. The van der Waals surface area contributed by atoms with E-state index in [1.807, 2.05) is 6.08 Å². The van der Waals surface area contributed by atoms with Crippen LogP contribution < -0.4 is 0 Å². The second-order valence-electron chi connectivity index (χ2n) is 7.41. The van der Waals surface area contributed by atoms with E-state index in [-0.39, 0.29) is 18.3 Å². The lowest BCUT2D eigenvalue weighted by molar-refractivity contribution is -0.137. The summed E-state index contributed by atoms with van der Waals surface area (Å²) in [6, 6.07) is 0. The Bertz CT molecular complexity index is 396. The van der Waals surface area contributed by atoms with Crippen LogP contribution in [0.1, 0.15) is 77.6 Å². The molecule has 5 atom stereocenters. The van der Waals surface area contributed by atoms with Crippen molar-refractivity contribution in [3.8, 4) is 0 Å². The van der Waals surface area contributed by atoms with Crippen LogP contribution in [0.25, 0.3) is 0 Å². The molecule has 0 spiro atoms. The quantitative estimate of drug-likeness (QED) is 0.300. The number of hydrogen-bond donors (Lipinski definition) is 4. The number of carboxylic acid groups (broad SMARTS) is 1. The van der Waals surface area contributed by atoms with Crippen molar-refractivity contribution in [2.45, 2.75) is 95.9 Å². The van der Waals surface area contributed by atoms with Crippen molar-refractivity contribution >= 4 is 5.97 Å². The predicted molar refractivity (Wildman–Crippen MR) is 98.2 cm³/mol. The molecule has 1 aliphatic rings. The summed E-state index contributed by atoms with van der Waals surface area (Å²) < 4.78 is 0. The van der Waals surface area contributed by atoms with Crippen LogP contribution in [-0.4, -0.2) is 44.7 Å². The van der Waals surface area contributed by atoms with Gasteiger partial charge >= 0.3 is 5.97 Å². The molecule has 0 saturated heterocycles. The number of hydrogen-bond acceptors (Lipinski definition) is 4. The third kappa shape index (κ3) is 8.84. The van der Waals surface area contributed by atoms with Crippen LogP contribution in [0.2, 0.25) is 0 Å². The highest BCUT2D eigenvalue weighted by molar-refractivity contribution is 5.66. The summed E-state index contributed by atoms with van der Waals surface area (Å²) in [5.74, 6) is -0.833. The minimum Gasteiger partial charge on any atom is -0.481 e. The van der Waals surface area contributed by atoms with Gasteiger partial charge in [0.2, 0.25) is 0 Å². The third-order valence-corrected chi connectivity index (χ3v) is 5.25. The van der Waals surface area contributed by atoms with Gasteiger partial charge in [0.25, 0.3) is 0 Å². The van der Waals surface area contributed by atoms with Crippen molar-refractivity contribution in [1.29, 1.82) is 0 Å². The summed E-state index contributed by atoms with van der Waals surface area (Å²) in [5.41, 5.74) is 0. The fraction of sp³-hybridized carbons (Fsp3) is 0.850. The molecule has 1 aliphatic carbocycles. The number of carbonyl (C=O) groups is 1. The number of aliphatic carboxylic acids is 1. The van der Waals surface area contributed by atoms with Gasteiger partial charge in [-0.05, 0) is 25.2 Å². The van der Waals surface area contributed by atoms with Gasteiger partial charge in [-0.2, -0.15) is 0 Å². The van der Waals surface area contributed by atoms with Gasteiger partial charge in [-0.1, -0.05) is 57.6 Å². The normalized spacial score (nSPS) is 27.8. The lowest BCUT2D eigenvalue weighted by Crippen LogP contribution is -2.21. The summed E-state index contributed by atoms with van der Waals surface area (Å²) in [7, 11) is 0. The number of aliphatic hydroxyl groups excluding tert-OH is 3. The average Bonchev–Trinajstić information content (AvgIpc) is 2.82. The highest BCUT2D eigenvalue weighted by Crippen LogP contribution is 2.37. The molecule has 25 heavy (non-hydrogen) atoms. The van der Waals surface area contributed by atoms with Gasteiger partial charge in [0, 0.05) is 18.8 Å². The number of carboxylic acids is 1. The Kier molecular flexibility index (Phi) is 11.0. The molecule has 1 fully saturated rings. The maximum atomic E-state index is 10.5. The Balaban J connectivity index is 2.38. The van der Waals surface area contributed by atoms with Crippen molar-refractivity contribution in [2.75, 3.05) is 0 Å². The lowest BCUT2D eigenvalue weighted by Gasteiger charge is -2.21. The Morgan fingerprint density at radius 1 is 1.08 bits per heavy atom. The molecule has 0 aromatic heterocycles. The first-order valence-corrected chi connectivity index (χ1v) is 9.90. The monoisotopic (exact) mass is 356 g/mol. The number of unbranched alkanes of at least 4 members (excludes halogenated alkanes) is 5. The minimum atomic E-state index is -0.753. The van der Waals surface area contributed by atoms with Gasteiger partial charge in [0.15, 0.2) is 0 Å². The minimum absolute atomic E-state index is 0.0218. The van der Waals surface area contributed by atoms with Crippen LogP contribution in [0.4, 0.5) is 0 Å². The fourth-order valence-electron chi connectivity index (χ4n) is 3.74. The van der Waals surface area contributed by atoms with Gasteiger partial charge in [-0.3, -0.25) is 4.79 Å². The standard InChI is InChI=1S/C20H36O5/c1-2-3-6-9-15(21)12-13-17-16(18(22)14-19(17)23)10-7-4-5-8-11-20(24)25/h12-13,15-19,21-23H,2-11,14H2,1H3,(H,24,25)/b13-12+/t15-,16+,17?,18-,19+/m0/s1. The Morgan fingerprint density at radius 3 is 2.48 bits per heavy atom. The van der Waals surface area contributed by atoms with Gasteiger partial charge < -0.3 is 20.4 Å². The summed E-state index contributed by atoms with van der Waals surface area (Å²) in [4.78, 5) is 10.5. The molecule has 0 heterocycles. The van der Waals surface area contributed by atoms with Crippen molar-refractivity contribution in [3.05, 3.63) is 12.2 Å². The highest BCUT2D eigenvalue weighted by Gasteiger charge is 2.39. The van der Waals surface area contributed by atoms with E-state index in [0.29, 0.717) is 12.8 Å². The third-order valence-electron chi connectivity index (χ3n) is 5.25. The molecule has 0 aromatic carbocycles. The zero-order valence-corrected chi connectivity index (χ0v) is 15.5. The van der Waals surface area contributed by atoms with Gasteiger partial charge in [-0.25, -0.2) is 0 Å². The van der Waals surface area contributed by atoms with Crippen LogP contribution in [0.3, 0.4) is 0 Å². The number of aliphatic hydroxyl groups is 3. The molecule has 5 nitrogen and oxygen atoms in total. The van der Waals surface area contributed by atoms with E-state index in [1.165, 1.54) is 0 Å². The molecule has 0 bridgehead atoms. The topological polar surface area (TPSA) is 98.0 Å².